The van der Waals surface area contributed by atoms with Crippen molar-refractivity contribution in [1.29, 1.82) is 0 Å². The number of carbonyl (C=O) groups is 1. The average Bonchev–Trinajstić information content (AvgIpc) is 2.77. The predicted molar refractivity (Wildman–Crippen MR) is 142 cm³/mol. The molecule has 168 valence electrons. The van der Waals surface area contributed by atoms with Gasteiger partial charge in [-0.15, -0.1) is 0 Å². The van der Waals surface area contributed by atoms with Gasteiger partial charge in [0.2, 0.25) is 0 Å². The molecule has 0 aliphatic heterocycles. The van der Waals surface area contributed by atoms with Gasteiger partial charge in [0, 0.05) is 0 Å². The van der Waals surface area contributed by atoms with Crippen LogP contribution in [0.15, 0.2) is 78.9 Å². The zero-order valence-electron chi connectivity index (χ0n) is 20.1. The second-order valence-corrected chi connectivity index (χ2v) is 15.6. The van der Waals surface area contributed by atoms with Gasteiger partial charge in [0.1, 0.15) is 0 Å². The lowest BCUT2D eigenvalue weighted by molar-refractivity contribution is 0.0697. The summed E-state index contributed by atoms with van der Waals surface area (Å²) in [5.74, 6) is -0.895. The number of rotatable bonds is 5. The van der Waals surface area contributed by atoms with Crippen molar-refractivity contribution in [3.63, 3.8) is 0 Å². The monoisotopic (exact) mass is 452 g/mol. The molecule has 0 unspecified atom stereocenters. The molecule has 1 aliphatic carbocycles. The van der Waals surface area contributed by atoms with E-state index in [1.165, 1.54) is 33.0 Å². The van der Waals surface area contributed by atoms with Crippen molar-refractivity contribution < 1.29 is 9.90 Å². The third kappa shape index (κ3) is 4.79. The van der Waals surface area contributed by atoms with E-state index in [-0.39, 0.29) is 5.41 Å². The topological polar surface area (TPSA) is 37.3 Å². The van der Waals surface area contributed by atoms with Gasteiger partial charge in [0.25, 0.3) is 0 Å². The Morgan fingerprint density at radius 2 is 1.55 bits per heavy atom. The van der Waals surface area contributed by atoms with Crippen LogP contribution in [0.2, 0.25) is 19.6 Å². The van der Waals surface area contributed by atoms with E-state index in [1.807, 2.05) is 12.1 Å². The Morgan fingerprint density at radius 3 is 2.15 bits per heavy atom. The number of carboxylic acids is 1. The lowest BCUT2D eigenvalue weighted by atomic mass is 9.72. The number of carboxylic acid groups (broad SMARTS) is 1. The molecule has 33 heavy (non-hydrogen) atoms. The van der Waals surface area contributed by atoms with Crippen molar-refractivity contribution in [3.8, 4) is 0 Å². The predicted octanol–water partition coefficient (Wildman–Crippen LogP) is 7.92. The molecule has 0 saturated heterocycles. The van der Waals surface area contributed by atoms with Crippen LogP contribution in [0.5, 0.6) is 0 Å². The van der Waals surface area contributed by atoms with Gasteiger partial charge in [-0.3, -0.25) is 0 Å². The summed E-state index contributed by atoms with van der Waals surface area (Å²) in [6.07, 6.45) is 5.67. The van der Waals surface area contributed by atoms with Crippen LogP contribution < -0.4 is 0 Å². The van der Waals surface area contributed by atoms with E-state index in [0.29, 0.717) is 5.56 Å². The molecule has 0 aromatic heterocycles. The number of allylic oxidation sites excluding steroid dienone is 1. The third-order valence-electron chi connectivity index (χ3n) is 6.53. The van der Waals surface area contributed by atoms with E-state index >= 15 is 0 Å². The normalized spacial score (nSPS) is 15.5. The van der Waals surface area contributed by atoms with Gasteiger partial charge in [-0.05, 0) is 63.4 Å². The van der Waals surface area contributed by atoms with Crippen LogP contribution in [0, 0.1) is 0 Å². The highest BCUT2D eigenvalue weighted by atomic mass is 28.3. The first-order chi connectivity index (χ1) is 15.6. The average molecular weight is 453 g/mol. The molecular formula is C30H32O2Si. The second-order valence-electron chi connectivity index (χ2n) is 10.6. The van der Waals surface area contributed by atoms with Crippen molar-refractivity contribution in [3.05, 3.63) is 112 Å². The van der Waals surface area contributed by atoms with Crippen LogP contribution in [-0.2, 0) is 5.41 Å². The Hall–Kier alpha value is -3.17. The Morgan fingerprint density at radius 1 is 0.909 bits per heavy atom. The highest BCUT2D eigenvalue weighted by Crippen LogP contribution is 2.43. The minimum Gasteiger partial charge on any atom is -0.478 e. The van der Waals surface area contributed by atoms with E-state index in [4.69, 9.17) is 0 Å². The van der Waals surface area contributed by atoms with Gasteiger partial charge >= 0.3 is 5.97 Å². The molecule has 4 rings (SSSR count). The second kappa shape index (κ2) is 8.64. The molecule has 0 saturated carbocycles. The number of hydrogen-bond acceptors (Lipinski definition) is 1. The molecule has 3 aromatic carbocycles. The molecule has 0 amide bonds. The molecule has 1 aliphatic rings. The smallest absolute Gasteiger partial charge is 0.335 e. The zero-order chi connectivity index (χ0) is 23.8. The van der Waals surface area contributed by atoms with Gasteiger partial charge < -0.3 is 5.11 Å². The highest BCUT2D eigenvalue weighted by Gasteiger charge is 2.30. The Bertz CT molecular complexity index is 1240. The Labute approximate surface area is 198 Å². The summed E-state index contributed by atoms with van der Waals surface area (Å²) in [6.45, 7) is 11.7. The van der Waals surface area contributed by atoms with Gasteiger partial charge in [0.05, 0.1) is 13.6 Å². The molecule has 3 aromatic rings. The lowest BCUT2D eigenvalue weighted by Gasteiger charge is -2.33. The summed E-state index contributed by atoms with van der Waals surface area (Å²) in [5, 5.41) is 10.6. The van der Waals surface area contributed by atoms with Crippen molar-refractivity contribution >= 4 is 30.9 Å². The maximum absolute atomic E-state index is 11.2. The Kier molecular flexibility index (Phi) is 6.02. The first-order valence-electron chi connectivity index (χ1n) is 11.5. The molecular weight excluding hydrogens is 420 g/mol. The van der Waals surface area contributed by atoms with Gasteiger partial charge in [-0.25, -0.2) is 4.79 Å². The lowest BCUT2D eigenvalue weighted by Crippen LogP contribution is -2.25. The Balaban J connectivity index is 1.85. The summed E-state index contributed by atoms with van der Waals surface area (Å²) in [7, 11) is -1.70. The molecule has 0 radical (unpaired) electrons. The van der Waals surface area contributed by atoms with E-state index in [0.717, 1.165) is 12.0 Å². The van der Waals surface area contributed by atoms with E-state index in [2.05, 4.69) is 94.2 Å². The molecule has 3 heteroatoms. The molecule has 0 fully saturated rings. The molecule has 0 bridgehead atoms. The molecule has 0 heterocycles. The van der Waals surface area contributed by atoms with Crippen LogP contribution in [0.3, 0.4) is 0 Å². The van der Waals surface area contributed by atoms with E-state index < -0.39 is 14.0 Å². The highest BCUT2D eigenvalue weighted by molar-refractivity contribution is 6.94. The van der Waals surface area contributed by atoms with Crippen LogP contribution >= 0.6 is 0 Å². The van der Waals surface area contributed by atoms with Gasteiger partial charge in [-0.2, -0.15) is 0 Å². The number of hydrogen-bond donors (Lipinski definition) is 1. The van der Waals surface area contributed by atoms with Crippen molar-refractivity contribution in [2.75, 3.05) is 0 Å². The molecule has 0 spiro atoms. The largest absolute Gasteiger partial charge is 0.478 e. The van der Waals surface area contributed by atoms with Gasteiger partial charge in [0.15, 0.2) is 0 Å². The van der Waals surface area contributed by atoms with Crippen LogP contribution in [0.25, 0.3) is 16.8 Å². The summed E-state index contributed by atoms with van der Waals surface area (Å²) in [6, 6.07) is 24.8. The van der Waals surface area contributed by atoms with Crippen LogP contribution in [0.1, 0.15) is 58.4 Å². The van der Waals surface area contributed by atoms with E-state index in [1.54, 1.807) is 12.1 Å². The van der Waals surface area contributed by atoms with Crippen molar-refractivity contribution in [1.82, 2.24) is 0 Å². The van der Waals surface area contributed by atoms with Crippen LogP contribution in [0.4, 0.5) is 0 Å². The van der Waals surface area contributed by atoms with Crippen molar-refractivity contribution in [2.45, 2.75) is 45.3 Å². The quantitative estimate of drug-likeness (QED) is 0.315. The fourth-order valence-electron chi connectivity index (χ4n) is 4.61. The fraction of sp³-hybridized carbons (Fsp3) is 0.233. The minimum atomic E-state index is -1.70. The number of aromatic carboxylic acids is 1. The van der Waals surface area contributed by atoms with E-state index in [9.17, 15) is 9.90 Å². The number of fused-ring (bicyclic) bond motifs is 1. The fourth-order valence-corrected chi connectivity index (χ4v) is 6.24. The number of benzene rings is 3. The maximum Gasteiger partial charge on any atom is 0.335 e. The standard InChI is InChI=1S/C30H32O2Si/c1-30(2)18-17-25(22-9-7-6-8-10-22)26-20-24(15-16-27(26)30)28(33(3,4)5)19-21-11-13-23(14-12-21)29(31)32/h6-17,19-20H,18H2,1-5H3,(H,31,32)/b28-19-. The first-order valence-corrected chi connectivity index (χ1v) is 15.0. The summed E-state index contributed by atoms with van der Waals surface area (Å²) in [4.78, 5) is 11.2. The SMILES string of the molecule is CC1(C)CC=C(c2ccccc2)c2cc(/C(=C/c3ccc(C(=O)O)cc3)[Si](C)(C)C)ccc21. The summed E-state index contributed by atoms with van der Waals surface area (Å²) >= 11 is 0. The van der Waals surface area contributed by atoms with Gasteiger partial charge in [-0.1, -0.05) is 105 Å². The first kappa shape index (κ1) is 23.0. The zero-order valence-corrected chi connectivity index (χ0v) is 21.1. The minimum absolute atomic E-state index is 0.0991. The molecule has 1 N–H and O–H groups in total. The summed E-state index contributed by atoms with van der Waals surface area (Å²) < 4.78 is 0. The van der Waals surface area contributed by atoms with Crippen LogP contribution in [-0.4, -0.2) is 19.1 Å². The summed E-state index contributed by atoms with van der Waals surface area (Å²) in [5.41, 5.74) is 8.00. The molecule has 2 nitrogen and oxygen atoms in total. The molecule has 0 atom stereocenters. The third-order valence-corrected chi connectivity index (χ3v) is 8.58. The van der Waals surface area contributed by atoms with Crippen molar-refractivity contribution in [2.24, 2.45) is 0 Å². The maximum atomic E-state index is 11.2.